The number of rotatable bonds is 2. The molecule has 4 heteroatoms. The van der Waals surface area contributed by atoms with Gasteiger partial charge in [0, 0.05) is 0 Å². The Morgan fingerprint density at radius 3 is 2.83 bits per heavy atom. The maximum absolute atomic E-state index is 6.61. The number of hydrogen-bond acceptors (Lipinski definition) is 2. The molecule has 0 amide bonds. The summed E-state index contributed by atoms with van der Waals surface area (Å²) in [5.41, 5.74) is 0. The molecule has 1 saturated heterocycles. The minimum absolute atomic E-state index is 0.323. The Morgan fingerprint density at radius 1 is 2.00 bits per heavy atom. The van der Waals surface area contributed by atoms with Gasteiger partial charge in [-0.3, -0.25) is 5.16 Å². The van der Waals surface area contributed by atoms with Gasteiger partial charge in [-0.2, -0.15) is 0 Å². The van der Waals surface area contributed by atoms with E-state index >= 15 is 0 Å². The molecule has 6 heavy (non-hydrogen) atoms. The van der Waals surface area contributed by atoms with Gasteiger partial charge in [-0.15, -0.1) is 0 Å². The fourth-order valence-electron chi connectivity index (χ4n) is 0.225. The van der Waals surface area contributed by atoms with Crippen molar-refractivity contribution >= 4 is 15.3 Å². The Hall–Kier alpha value is 0.125. The van der Waals surface area contributed by atoms with Gasteiger partial charge in [0.1, 0.15) is 0 Å². The van der Waals surface area contributed by atoms with Crippen molar-refractivity contribution in [3.63, 3.8) is 0 Å². The van der Waals surface area contributed by atoms with Crippen LogP contribution in [0.1, 0.15) is 0 Å². The predicted molar refractivity (Wildman–Crippen MR) is 25.1 cm³/mol. The van der Waals surface area contributed by atoms with E-state index in [1.54, 1.807) is 0 Å². The van der Waals surface area contributed by atoms with Crippen molar-refractivity contribution in [3.05, 3.63) is 0 Å². The number of epoxide rings is 1. The fourth-order valence-corrected chi connectivity index (χ4v) is 0.563. The smallest absolute Gasteiger partial charge is 0.248 e. The van der Waals surface area contributed by atoms with Crippen LogP contribution in [0, 0.1) is 5.16 Å². The molecule has 2 nitrogen and oxygen atoms in total. The summed E-state index contributed by atoms with van der Waals surface area (Å²) in [6.45, 7) is 2.66. The van der Waals surface area contributed by atoms with E-state index < -0.39 is 0 Å². The first-order chi connectivity index (χ1) is 2.93. The molecule has 0 saturated carbocycles. The van der Waals surface area contributed by atoms with Crippen LogP contribution in [-0.4, -0.2) is 19.6 Å². The Bertz CT molecular complexity index is 64.6. The molecular weight excluding hydrogens is 95.8 g/mol. The average Bonchev–Trinajstić information content (AvgIpc) is 2.21. The highest BCUT2D eigenvalue weighted by Crippen LogP contribution is 2.10. The summed E-state index contributed by atoms with van der Waals surface area (Å²) in [6, 6.07) is 0.323. The first-order valence-electron chi connectivity index (χ1n) is 1.75. The second-order valence-corrected chi connectivity index (χ2v) is 1.71. The van der Waals surface area contributed by atoms with E-state index in [9.17, 15) is 0 Å². The van der Waals surface area contributed by atoms with Gasteiger partial charge >= 0.3 is 0 Å². The summed E-state index contributed by atoms with van der Waals surface area (Å²) in [5, 5.41) is 6.61. The summed E-state index contributed by atoms with van der Waals surface area (Å²) in [7, 11) is 0.586. The molecule has 1 aliphatic rings. The molecule has 1 aliphatic heterocycles. The van der Waals surface area contributed by atoms with Crippen molar-refractivity contribution in [2.45, 2.75) is 6.00 Å². The van der Waals surface area contributed by atoms with E-state index in [-0.39, 0.29) is 0 Å². The molecule has 1 fully saturated rings. The molecule has 1 radical (unpaired) electrons. The number of nitrogens with one attached hydrogen (secondary N) is 1. The zero-order valence-electron chi connectivity index (χ0n) is 3.22. The molecule has 1 heterocycles. The summed E-state index contributed by atoms with van der Waals surface area (Å²) in [5.74, 6) is 0. The Morgan fingerprint density at radius 2 is 2.67 bits per heavy atom. The van der Waals surface area contributed by atoms with Crippen LogP contribution in [-0.2, 0) is 4.74 Å². The van der Waals surface area contributed by atoms with E-state index in [0.29, 0.717) is 14.3 Å². The highest BCUT2D eigenvalue weighted by atomic mass is 31.1. The van der Waals surface area contributed by atoms with E-state index in [4.69, 9.17) is 9.90 Å². The lowest BCUT2D eigenvalue weighted by atomic mass is 10.1. The Balaban J connectivity index is 2.00. The van der Waals surface area contributed by atoms with E-state index in [0.717, 1.165) is 6.61 Å². The van der Waals surface area contributed by atoms with Gasteiger partial charge in [0.2, 0.25) is 7.00 Å². The number of ether oxygens (including phenoxy) is 1. The third-order valence-corrected chi connectivity index (χ3v) is 1.08. The first-order valence-corrected chi connectivity index (χ1v) is 2.71. The van der Waals surface area contributed by atoms with Gasteiger partial charge in [0.15, 0.2) is 0 Å². The molecule has 1 atom stereocenters. The third kappa shape index (κ3) is 1.07. The standard InChI is InChI=1S/C2H4BNOP/c4-6-3-2-1-5-2/h2,4H,1H2. The van der Waals surface area contributed by atoms with Crippen LogP contribution in [0.4, 0.5) is 0 Å². The van der Waals surface area contributed by atoms with E-state index in [1.807, 2.05) is 7.00 Å². The maximum atomic E-state index is 6.61. The molecule has 0 aliphatic carbocycles. The van der Waals surface area contributed by atoms with E-state index in [2.05, 4.69) is 0 Å². The van der Waals surface area contributed by atoms with Gasteiger partial charge in [-0.1, -0.05) is 8.25 Å². The molecule has 0 aromatic carbocycles. The first kappa shape index (κ1) is 4.29. The summed E-state index contributed by atoms with van der Waals surface area (Å²) >= 11 is 0. The van der Waals surface area contributed by atoms with Crippen LogP contribution >= 0.6 is 8.25 Å². The lowest BCUT2D eigenvalue weighted by Crippen LogP contribution is -1.86. The van der Waals surface area contributed by atoms with Crippen LogP contribution in [0.3, 0.4) is 0 Å². The van der Waals surface area contributed by atoms with Crippen molar-refractivity contribution in [2.24, 2.45) is 0 Å². The van der Waals surface area contributed by atoms with E-state index in [1.165, 1.54) is 0 Å². The lowest BCUT2D eigenvalue weighted by molar-refractivity contribution is 0.456. The van der Waals surface area contributed by atoms with Crippen LogP contribution < -0.4 is 0 Å². The van der Waals surface area contributed by atoms with Gasteiger partial charge in [-0.05, 0) is 0 Å². The van der Waals surface area contributed by atoms with Crippen LogP contribution in [0.15, 0.2) is 0 Å². The molecule has 0 aromatic heterocycles. The highest BCUT2D eigenvalue weighted by Gasteiger charge is 2.21. The fraction of sp³-hybridized carbons (Fsp3) is 1.00. The minimum atomic E-state index is 0.323. The molecule has 1 rings (SSSR count). The Labute approximate surface area is 38.8 Å². The third-order valence-electron chi connectivity index (χ3n) is 0.600. The zero-order chi connectivity index (χ0) is 4.41. The normalized spacial score (nSPS) is 30.3. The van der Waals surface area contributed by atoms with Crippen LogP contribution in [0.5, 0.6) is 0 Å². The van der Waals surface area contributed by atoms with Crippen molar-refractivity contribution in [1.82, 2.24) is 0 Å². The lowest BCUT2D eigenvalue weighted by Gasteiger charge is -1.67. The maximum Gasteiger partial charge on any atom is 0.248 e. The van der Waals surface area contributed by atoms with Gasteiger partial charge < -0.3 is 4.74 Å². The molecule has 1 unspecified atom stereocenters. The predicted octanol–water partition coefficient (Wildman–Crippen LogP) is 0.670. The van der Waals surface area contributed by atoms with Gasteiger partial charge in [0.05, 0.1) is 12.6 Å². The molecule has 0 spiro atoms. The van der Waals surface area contributed by atoms with Crippen molar-refractivity contribution < 1.29 is 4.74 Å². The minimum Gasteiger partial charge on any atom is -0.382 e. The van der Waals surface area contributed by atoms with Crippen LogP contribution in [0.25, 0.3) is 0 Å². The topological polar surface area (TPSA) is 36.4 Å². The zero-order valence-corrected chi connectivity index (χ0v) is 4.11. The molecular formula is C2H4BNOP. The van der Waals surface area contributed by atoms with Gasteiger partial charge in [0.25, 0.3) is 0 Å². The van der Waals surface area contributed by atoms with Crippen molar-refractivity contribution in [3.8, 4) is 0 Å². The average molecular weight is 99.8 g/mol. The molecule has 0 aromatic rings. The van der Waals surface area contributed by atoms with Crippen molar-refractivity contribution in [1.29, 1.82) is 5.16 Å². The largest absolute Gasteiger partial charge is 0.382 e. The van der Waals surface area contributed by atoms with Gasteiger partial charge in [-0.25, -0.2) is 0 Å². The second kappa shape index (κ2) is 1.72. The number of hydrogen-bond donors (Lipinski definition) is 1. The quantitative estimate of drug-likeness (QED) is 0.309. The van der Waals surface area contributed by atoms with Crippen molar-refractivity contribution in [2.75, 3.05) is 6.61 Å². The summed E-state index contributed by atoms with van der Waals surface area (Å²) in [4.78, 5) is 0. The highest BCUT2D eigenvalue weighted by molar-refractivity contribution is 7.62. The Kier molecular flexibility index (Phi) is 1.23. The second-order valence-electron chi connectivity index (χ2n) is 1.15. The summed E-state index contributed by atoms with van der Waals surface area (Å²) < 4.78 is 4.77. The summed E-state index contributed by atoms with van der Waals surface area (Å²) in [6.07, 6.45) is 0. The molecule has 31 valence electrons. The monoisotopic (exact) mass is 100 g/mol. The SMILES string of the molecule is N=P[B]C1CO1. The van der Waals surface area contributed by atoms with Crippen LogP contribution in [0.2, 0.25) is 0 Å². The molecule has 1 N–H and O–H groups in total. The molecule has 0 bridgehead atoms.